The van der Waals surface area contributed by atoms with Crippen LogP contribution < -0.4 is 19.7 Å². The van der Waals surface area contributed by atoms with Gasteiger partial charge >= 0.3 is 0 Å². The summed E-state index contributed by atoms with van der Waals surface area (Å²) in [7, 11) is 3.46. The van der Waals surface area contributed by atoms with Crippen LogP contribution in [-0.2, 0) is 11.3 Å². The summed E-state index contributed by atoms with van der Waals surface area (Å²) in [6.07, 6.45) is 0. The maximum atomic E-state index is 5.64. The van der Waals surface area contributed by atoms with Crippen molar-refractivity contribution in [3.63, 3.8) is 0 Å². The molecule has 5 heteroatoms. The number of methoxy groups -OCH3 is 2. The third kappa shape index (κ3) is 2.49. The molecular weight excluding hydrogens is 256 g/mol. The highest BCUT2D eigenvalue weighted by atomic mass is 16.5. The lowest BCUT2D eigenvalue weighted by molar-refractivity contribution is -0.954. The molecule has 0 unspecified atom stereocenters. The fraction of sp³-hybridized carbons (Fsp3) is 0.600. The molecule has 1 atom stereocenters. The zero-order valence-electron chi connectivity index (χ0n) is 12.3. The molecule has 0 radical (unpaired) electrons. The molecule has 1 fully saturated rings. The minimum atomic E-state index is 0.489. The van der Waals surface area contributed by atoms with E-state index in [1.54, 1.807) is 19.1 Å². The maximum absolute atomic E-state index is 5.64. The van der Waals surface area contributed by atoms with Crippen LogP contribution in [0.1, 0.15) is 17.2 Å². The van der Waals surface area contributed by atoms with E-state index in [0.29, 0.717) is 6.04 Å². The van der Waals surface area contributed by atoms with Gasteiger partial charge in [0.05, 0.1) is 33.0 Å². The molecule has 0 aromatic heterocycles. The standard InChI is InChI=1S/C15H22N2O3/c1-18-12-7-11-9-16-10-13(15(11)14(8-12)19-2)17-3-5-20-6-4-17/h7-8,13,16H,3-6,9-10H2,1-2H3/p+2/t13-/m1/s1. The first-order chi connectivity index (χ1) is 9.83. The first kappa shape index (κ1) is 13.7. The second-order valence-corrected chi connectivity index (χ2v) is 5.45. The van der Waals surface area contributed by atoms with Gasteiger partial charge in [0.2, 0.25) is 0 Å². The molecule has 3 rings (SSSR count). The number of nitrogens with one attached hydrogen (secondary N) is 1. The monoisotopic (exact) mass is 280 g/mol. The summed E-state index contributed by atoms with van der Waals surface area (Å²) in [6, 6.07) is 4.65. The molecule has 20 heavy (non-hydrogen) atoms. The van der Waals surface area contributed by atoms with Crippen LogP contribution in [0, 0.1) is 0 Å². The Balaban J connectivity index is 1.97. The van der Waals surface area contributed by atoms with E-state index in [-0.39, 0.29) is 0 Å². The summed E-state index contributed by atoms with van der Waals surface area (Å²) in [5.41, 5.74) is 2.71. The Bertz CT molecular complexity index is 455. The highest BCUT2D eigenvalue weighted by molar-refractivity contribution is 5.48. The normalized spacial score (nSPS) is 23.2. The van der Waals surface area contributed by atoms with Gasteiger partial charge in [-0.1, -0.05) is 0 Å². The number of hydrogen-bond acceptors (Lipinski definition) is 3. The van der Waals surface area contributed by atoms with E-state index < -0.39 is 0 Å². The molecule has 1 saturated heterocycles. The number of fused-ring (bicyclic) bond motifs is 1. The summed E-state index contributed by atoms with van der Waals surface area (Å²) >= 11 is 0. The van der Waals surface area contributed by atoms with Gasteiger partial charge in [0.25, 0.3) is 0 Å². The van der Waals surface area contributed by atoms with Crippen molar-refractivity contribution >= 4 is 0 Å². The summed E-state index contributed by atoms with van der Waals surface area (Å²) < 4.78 is 16.5. The van der Waals surface area contributed by atoms with E-state index in [1.165, 1.54) is 11.1 Å². The predicted molar refractivity (Wildman–Crippen MR) is 74.3 cm³/mol. The molecule has 2 aliphatic rings. The Kier molecular flexibility index (Phi) is 4.10. The van der Waals surface area contributed by atoms with Gasteiger partial charge in [0, 0.05) is 11.6 Å². The lowest BCUT2D eigenvalue weighted by atomic mass is 9.93. The van der Waals surface area contributed by atoms with E-state index in [2.05, 4.69) is 11.4 Å². The molecule has 2 aliphatic heterocycles. The quantitative estimate of drug-likeness (QED) is 0.726. The topological polar surface area (TPSA) is 48.7 Å². The molecule has 2 heterocycles. The molecule has 1 aromatic rings. The average molecular weight is 280 g/mol. The number of benzene rings is 1. The Morgan fingerprint density at radius 2 is 2.00 bits per heavy atom. The Labute approximate surface area is 119 Å². The van der Waals surface area contributed by atoms with Crippen LogP contribution in [0.25, 0.3) is 0 Å². The maximum Gasteiger partial charge on any atom is 0.167 e. The number of nitrogens with two attached hydrogens (primary N) is 1. The minimum absolute atomic E-state index is 0.489. The Morgan fingerprint density at radius 3 is 2.70 bits per heavy atom. The summed E-state index contributed by atoms with van der Waals surface area (Å²) in [4.78, 5) is 1.61. The SMILES string of the molecule is COc1cc2c(c(OC)c1)[C@H]([NH+]1CCOCC1)C[NH2+]C2. The van der Waals surface area contributed by atoms with Crippen molar-refractivity contribution in [1.82, 2.24) is 0 Å². The van der Waals surface area contributed by atoms with Crippen molar-refractivity contribution in [2.45, 2.75) is 12.6 Å². The molecule has 0 spiro atoms. The van der Waals surface area contributed by atoms with Crippen molar-refractivity contribution in [2.24, 2.45) is 0 Å². The average Bonchev–Trinajstić information content (AvgIpc) is 2.53. The first-order valence-corrected chi connectivity index (χ1v) is 7.32. The fourth-order valence-corrected chi connectivity index (χ4v) is 3.38. The molecule has 3 N–H and O–H groups in total. The minimum Gasteiger partial charge on any atom is -0.497 e. The van der Waals surface area contributed by atoms with E-state index in [1.807, 2.05) is 6.07 Å². The van der Waals surface area contributed by atoms with E-state index in [4.69, 9.17) is 14.2 Å². The Hall–Kier alpha value is -1.30. The third-order valence-electron chi connectivity index (χ3n) is 4.40. The number of quaternary nitrogens is 2. The summed E-state index contributed by atoms with van der Waals surface area (Å²) in [5.74, 6) is 1.85. The van der Waals surface area contributed by atoms with Crippen LogP contribution >= 0.6 is 0 Å². The van der Waals surface area contributed by atoms with Crippen LogP contribution in [-0.4, -0.2) is 47.1 Å². The lowest BCUT2D eigenvalue weighted by Gasteiger charge is -2.34. The summed E-state index contributed by atoms with van der Waals surface area (Å²) in [6.45, 7) is 5.99. The molecule has 0 bridgehead atoms. The van der Waals surface area contributed by atoms with Gasteiger partial charge in [-0.25, -0.2) is 0 Å². The highest BCUT2D eigenvalue weighted by Crippen LogP contribution is 2.33. The fourth-order valence-electron chi connectivity index (χ4n) is 3.38. The third-order valence-corrected chi connectivity index (χ3v) is 4.40. The second-order valence-electron chi connectivity index (χ2n) is 5.45. The molecule has 5 nitrogen and oxygen atoms in total. The first-order valence-electron chi connectivity index (χ1n) is 7.32. The molecular formula is C15H24N2O3+2. The van der Waals surface area contributed by atoms with E-state index >= 15 is 0 Å². The van der Waals surface area contributed by atoms with Gasteiger partial charge in [-0.05, 0) is 6.07 Å². The molecule has 0 saturated carbocycles. The molecule has 0 aliphatic carbocycles. The molecule has 1 aromatic carbocycles. The summed E-state index contributed by atoms with van der Waals surface area (Å²) in [5, 5.41) is 2.38. The van der Waals surface area contributed by atoms with Gasteiger partial charge in [-0.2, -0.15) is 0 Å². The van der Waals surface area contributed by atoms with Gasteiger partial charge in [-0.3, -0.25) is 0 Å². The van der Waals surface area contributed by atoms with Crippen molar-refractivity contribution in [2.75, 3.05) is 47.1 Å². The van der Waals surface area contributed by atoms with Gasteiger partial charge in [0.1, 0.15) is 37.7 Å². The highest BCUT2D eigenvalue weighted by Gasteiger charge is 2.35. The number of morpholine rings is 1. The van der Waals surface area contributed by atoms with Crippen LogP contribution in [0.5, 0.6) is 11.5 Å². The zero-order valence-corrected chi connectivity index (χ0v) is 12.3. The van der Waals surface area contributed by atoms with E-state index in [0.717, 1.165) is 50.9 Å². The number of rotatable bonds is 3. The van der Waals surface area contributed by atoms with Crippen molar-refractivity contribution < 1.29 is 24.4 Å². The molecule has 110 valence electrons. The number of hydrogen-bond donors (Lipinski definition) is 2. The van der Waals surface area contributed by atoms with Crippen LogP contribution in [0.2, 0.25) is 0 Å². The lowest BCUT2D eigenvalue weighted by Crippen LogP contribution is -3.17. The van der Waals surface area contributed by atoms with Crippen LogP contribution in [0.3, 0.4) is 0 Å². The van der Waals surface area contributed by atoms with Crippen LogP contribution in [0.4, 0.5) is 0 Å². The van der Waals surface area contributed by atoms with Crippen molar-refractivity contribution in [1.29, 1.82) is 0 Å². The van der Waals surface area contributed by atoms with Crippen LogP contribution in [0.15, 0.2) is 12.1 Å². The van der Waals surface area contributed by atoms with Crippen molar-refractivity contribution in [3.05, 3.63) is 23.3 Å². The smallest absolute Gasteiger partial charge is 0.167 e. The van der Waals surface area contributed by atoms with Gasteiger partial charge < -0.3 is 24.4 Å². The van der Waals surface area contributed by atoms with Crippen molar-refractivity contribution in [3.8, 4) is 11.5 Å². The van der Waals surface area contributed by atoms with E-state index in [9.17, 15) is 0 Å². The van der Waals surface area contributed by atoms with Gasteiger partial charge in [-0.15, -0.1) is 0 Å². The Morgan fingerprint density at radius 1 is 1.20 bits per heavy atom. The number of ether oxygens (including phenoxy) is 3. The molecule has 0 amide bonds. The largest absolute Gasteiger partial charge is 0.497 e. The zero-order chi connectivity index (χ0) is 13.9. The van der Waals surface area contributed by atoms with Gasteiger partial charge in [0.15, 0.2) is 6.04 Å². The second kappa shape index (κ2) is 5.99. The predicted octanol–water partition coefficient (Wildman–Crippen LogP) is -1.26.